The standard InChI is InChI=1S/C12H12ClN3O5/c13-11-9(15(18)19)6-8(7-10(11)16(20)21)12(17)14-4-2-1-3-5-14/h6-7H,1-5H2. The average Bonchev–Trinajstić information content (AvgIpc) is 2.47. The molecule has 0 bridgehead atoms. The van der Waals surface area contributed by atoms with E-state index in [9.17, 15) is 25.0 Å². The summed E-state index contributed by atoms with van der Waals surface area (Å²) in [6.45, 7) is 1.09. The Bertz CT molecular complexity index is 578. The number of piperidine rings is 1. The van der Waals surface area contributed by atoms with Crippen LogP contribution in [0.4, 0.5) is 11.4 Å². The molecular weight excluding hydrogens is 302 g/mol. The zero-order valence-electron chi connectivity index (χ0n) is 11.0. The molecule has 0 N–H and O–H groups in total. The van der Waals surface area contributed by atoms with Gasteiger partial charge in [-0.1, -0.05) is 11.6 Å². The molecule has 0 unspecified atom stereocenters. The molecule has 1 amide bonds. The van der Waals surface area contributed by atoms with Crippen molar-refractivity contribution in [2.75, 3.05) is 13.1 Å². The number of likely N-dealkylation sites (tertiary alicyclic amines) is 1. The van der Waals surface area contributed by atoms with Gasteiger partial charge in [0.2, 0.25) is 0 Å². The minimum Gasteiger partial charge on any atom is -0.339 e. The fourth-order valence-corrected chi connectivity index (χ4v) is 2.51. The molecule has 0 radical (unpaired) electrons. The molecule has 21 heavy (non-hydrogen) atoms. The molecule has 1 aliphatic heterocycles. The molecule has 8 nitrogen and oxygen atoms in total. The summed E-state index contributed by atoms with van der Waals surface area (Å²) in [6, 6.07) is 1.98. The normalized spacial score (nSPS) is 14.8. The molecule has 112 valence electrons. The zero-order chi connectivity index (χ0) is 15.6. The Morgan fingerprint density at radius 2 is 1.52 bits per heavy atom. The highest BCUT2D eigenvalue weighted by Gasteiger charge is 2.29. The molecule has 1 aromatic rings. The van der Waals surface area contributed by atoms with Crippen molar-refractivity contribution >= 4 is 28.9 Å². The van der Waals surface area contributed by atoms with Crippen LogP contribution in [0.1, 0.15) is 29.6 Å². The van der Waals surface area contributed by atoms with Gasteiger partial charge in [-0.15, -0.1) is 0 Å². The second-order valence-electron chi connectivity index (χ2n) is 4.70. The summed E-state index contributed by atoms with van der Waals surface area (Å²) in [5, 5.41) is 21.3. The number of hydrogen-bond acceptors (Lipinski definition) is 5. The van der Waals surface area contributed by atoms with E-state index in [0.29, 0.717) is 13.1 Å². The maximum absolute atomic E-state index is 12.3. The quantitative estimate of drug-likeness (QED) is 0.630. The molecule has 1 heterocycles. The monoisotopic (exact) mass is 313 g/mol. The van der Waals surface area contributed by atoms with Crippen molar-refractivity contribution in [2.45, 2.75) is 19.3 Å². The number of carbonyl (C=O) groups is 1. The van der Waals surface area contributed by atoms with Crippen LogP contribution in [0.2, 0.25) is 5.02 Å². The lowest BCUT2D eigenvalue weighted by Gasteiger charge is -2.26. The van der Waals surface area contributed by atoms with Gasteiger partial charge in [0.15, 0.2) is 5.02 Å². The van der Waals surface area contributed by atoms with E-state index in [1.807, 2.05) is 0 Å². The van der Waals surface area contributed by atoms with Crippen LogP contribution in [0.25, 0.3) is 0 Å². The zero-order valence-corrected chi connectivity index (χ0v) is 11.7. The number of hydrogen-bond donors (Lipinski definition) is 0. The van der Waals surface area contributed by atoms with Crippen LogP contribution in [-0.4, -0.2) is 33.7 Å². The highest BCUT2D eigenvalue weighted by atomic mass is 35.5. The van der Waals surface area contributed by atoms with Crippen molar-refractivity contribution in [2.24, 2.45) is 0 Å². The van der Waals surface area contributed by atoms with Gasteiger partial charge in [0, 0.05) is 25.2 Å². The third-order valence-corrected chi connectivity index (χ3v) is 3.71. The van der Waals surface area contributed by atoms with Gasteiger partial charge in [0.1, 0.15) is 0 Å². The first-order valence-electron chi connectivity index (χ1n) is 6.33. The van der Waals surface area contributed by atoms with Gasteiger partial charge in [-0.05, 0) is 19.3 Å². The van der Waals surface area contributed by atoms with Crippen molar-refractivity contribution in [1.29, 1.82) is 0 Å². The summed E-state index contributed by atoms with van der Waals surface area (Å²) < 4.78 is 0. The first-order valence-corrected chi connectivity index (χ1v) is 6.71. The van der Waals surface area contributed by atoms with Gasteiger partial charge in [-0.2, -0.15) is 0 Å². The van der Waals surface area contributed by atoms with E-state index in [0.717, 1.165) is 31.4 Å². The minimum absolute atomic E-state index is 0.0836. The Morgan fingerprint density at radius 3 is 1.95 bits per heavy atom. The lowest BCUT2D eigenvalue weighted by atomic mass is 10.1. The van der Waals surface area contributed by atoms with Crippen molar-refractivity contribution in [3.63, 3.8) is 0 Å². The van der Waals surface area contributed by atoms with Gasteiger partial charge >= 0.3 is 0 Å². The summed E-state index contributed by atoms with van der Waals surface area (Å²) in [5.74, 6) is -0.447. The highest BCUT2D eigenvalue weighted by Crippen LogP contribution is 2.35. The molecule has 0 aliphatic carbocycles. The van der Waals surface area contributed by atoms with Crippen molar-refractivity contribution < 1.29 is 14.6 Å². The lowest BCUT2D eigenvalue weighted by Crippen LogP contribution is -2.35. The lowest BCUT2D eigenvalue weighted by molar-refractivity contribution is -0.393. The van der Waals surface area contributed by atoms with Crippen LogP contribution in [0.15, 0.2) is 12.1 Å². The minimum atomic E-state index is -0.831. The van der Waals surface area contributed by atoms with Crippen LogP contribution in [0.3, 0.4) is 0 Å². The number of carbonyl (C=O) groups excluding carboxylic acids is 1. The summed E-state index contributed by atoms with van der Waals surface area (Å²) in [6.07, 6.45) is 2.72. The molecule has 0 aromatic heterocycles. The molecule has 1 fully saturated rings. The van der Waals surface area contributed by atoms with Crippen LogP contribution in [-0.2, 0) is 0 Å². The predicted molar refractivity (Wildman–Crippen MR) is 74.5 cm³/mol. The van der Waals surface area contributed by atoms with Gasteiger partial charge in [0.25, 0.3) is 17.3 Å². The van der Waals surface area contributed by atoms with E-state index in [2.05, 4.69) is 0 Å². The number of nitrogens with zero attached hydrogens (tertiary/aromatic N) is 3. The third kappa shape index (κ3) is 3.10. The smallest absolute Gasteiger partial charge is 0.295 e. The summed E-state index contributed by atoms with van der Waals surface area (Å²) in [7, 11) is 0. The van der Waals surface area contributed by atoms with Gasteiger partial charge in [-0.25, -0.2) is 0 Å². The Morgan fingerprint density at radius 1 is 1.05 bits per heavy atom. The van der Waals surface area contributed by atoms with Crippen LogP contribution in [0, 0.1) is 20.2 Å². The van der Waals surface area contributed by atoms with E-state index >= 15 is 0 Å². The van der Waals surface area contributed by atoms with E-state index in [4.69, 9.17) is 11.6 Å². The number of nitro groups is 2. The number of rotatable bonds is 3. The summed E-state index contributed by atoms with van der Waals surface area (Å²) >= 11 is 5.65. The highest BCUT2D eigenvalue weighted by molar-refractivity contribution is 6.35. The van der Waals surface area contributed by atoms with Crippen molar-refractivity contribution in [1.82, 2.24) is 4.90 Å². The topological polar surface area (TPSA) is 107 Å². The second kappa shape index (κ2) is 6.04. The van der Waals surface area contributed by atoms with Gasteiger partial charge < -0.3 is 4.90 Å². The van der Waals surface area contributed by atoms with Crippen LogP contribution in [0.5, 0.6) is 0 Å². The van der Waals surface area contributed by atoms with Crippen LogP contribution >= 0.6 is 11.6 Å². The molecule has 1 aliphatic rings. The molecule has 0 saturated carbocycles. The Hall–Kier alpha value is -2.22. The number of nitro benzene ring substituents is 2. The maximum Gasteiger partial charge on any atom is 0.295 e. The SMILES string of the molecule is O=C(c1cc([N+](=O)[O-])c(Cl)c([N+](=O)[O-])c1)N1CCCCC1. The van der Waals surface area contributed by atoms with Crippen molar-refractivity contribution in [3.8, 4) is 0 Å². The average molecular weight is 314 g/mol. The van der Waals surface area contributed by atoms with Gasteiger partial charge in [0.05, 0.1) is 15.4 Å². The number of amides is 1. The Labute approximate surface area is 124 Å². The largest absolute Gasteiger partial charge is 0.339 e. The van der Waals surface area contributed by atoms with E-state index < -0.39 is 32.2 Å². The molecule has 2 rings (SSSR count). The summed E-state index contributed by atoms with van der Waals surface area (Å²) in [5.41, 5.74) is -1.35. The predicted octanol–water partition coefficient (Wildman–Crippen LogP) is 2.78. The third-order valence-electron chi connectivity index (χ3n) is 3.32. The molecule has 1 saturated heterocycles. The Balaban J connectivity index is 2.45. The number of halogens is 1. The number of benzene rings is 1. The first kappa shape index (κ1) is 15.2. The second-order valence-corrected chi connectivity index (χ2v) is 5.07. The molecule has 9 heteroatoms. The maximum atomic E-state index is 12.3. The van der Waals surface area contributed by atoms with Crippen molar-refractivity contribution in [3.05, 3.63) is 42.9 Å². The van der Waals surface area contributed by atoms with E-state index in [-0.39, 0.29) is 5.56 Å². The van der Waals surface area contributed by atoms with E-state index in [1.54, 1.807) is 4.90 Å². The molecule has 0 atom stereocenters. The molecule has 1 aromatic carbocycles. The van der Waals surface area contributed by atoms with E-state index in [1.165, 1.54) is 0 Å². The summed E-state index contributed by atoms with van der Waals surface area (Å²) in [4.78, 5) is 34.0. The Kier molecular flexibility index (Phi) is 4.37. The fraction of sp³-hybridized carbons (Fsp3) is 0.417. The fourth-order valence-electron chi connectivity index (χ4n) is 2.26. The van der Waals surface area contributed by atoms with Crippen LogP contribution < -0.4 is 0 Å². The molecule has 0 spiro atoms. The first-order chi connectivity index (χ1) is 9.91. The molecular formula is C12H12ClN3O5. The van der Waals surface area contributed by atoms with Gasteiger partial charge in [-0.3, -0.25) is 25.0 Å².